The number of fused-ring (bicyclic) bond motifs is 1. The predicted molar refractivity (Wildman–Crippen MR) is 78.0 cm³/mol. The molecule has 100 valence electrons. The summed E-state index contributed by atoms with van der Waals surface area (Å²) in [6.45, 7) is 2.11. The summed E-state index contributed by atoms with van der Waals surface area (Å²) in [5.41, 5.74) is 0. The molecule has 2 aromatic rings. The number of methoxy groups -OCH3 is 1. The van der Waals surface area contributed by atoms with Crippen LogP contribution < -0.4 is 15.0 Å². The van der Waals surface area contributed by atoms with E-state index in [2.05, 4.69) is 28.3 Å². The van der Waals surface area contributed by atoms with E-state index in [4.69, 9.17) is 4.74 Å². The summed E-state index contributed by atoms with van der Waals surface area (Å²) in [6.07, 6.45) is 3.03. The van der Waals surface area contributed by atoms with Gasteiger partial charge < -0.3 is 15.0 Å². The normalized spacial score (nSPS) is 18.7. The van der Waals surface area contributed by atoms with Gasteiger partial charge in [-0.2, -0.15) is 0 Å². The highest BCUT2D eigenvalue weighted by Gasteiger charge is 2.21. The highest BCUT2D eigenvalue weighted by molar-refractivity contribution is 5.96. The van der Waals surface area contributed by atoms with Crippen molar-refractivity contribution in [2.45, 2.75) is 12.5 Å². The van der Waals surface area contributed by atoms with Crippen molar-refractivity contribution in [2.24, 2.45) is 0 Å². The van der Waals surface area contributed by atoms with Crippen LogP contribution in [0.15, 0.2) is 30.5 Å². The van der Waals surface area contributed by atoms with E-state index >= 15 is 0 Å². The molecule has 2 heterocycles. The number of benzene rings is 1. The number of nitrogens with one attached hydrogen (secondary N) is 1. The standard InChI is InChI=1S/C15H19N3O/c1-18(11-6-8-16-10-11)15-13-4-3-5-14(19-2)12(13)7-9-17-15/h3-5,7,9,11,16H,6,8,10H2,1-2H3. The fourth-order valence-corrected chi connectivity index (χ4v) is 2.76. The van der Waals surface area contributed by atoms with Crippen LogP contribution in [0.25, 0.3) is 10.8 Å². The quantitative estimate of drug-likeness (QED) is 0.913. The fourth-order valence-electron chi connectivity index (χ4n) is 2.76. The van der Waals surface area contributed by atoms with E-state index in [-0.39, 0.29) is 0 Å². The maximum absolute atomic E-state index is 5.43. The molecule has 4 heteroatoms. The molecule has 1 aromatic carbocycles. The van der Waals surface area contributed by atoms with Crippen molar-refractivity contribution in [3.8, 4) is 5.75 Å². The minimum Gasteiger partial charge on any atom is -0.496 e. The maximum atomic E-state index is 5.43. The third-order valence-corrected chi connectivity index (χ3v) is 3.88. The van der Waals surface area contributed by atoms with Crippen LogP contribution in [0.1, 0.15) is 6.42 Å². The van der Waals surface area contributed by atoms with Crippen LogP contribution in [-0.2, 0) is 0 Å². The average molecular weight is 257 g/mol. The highest BCUT2D eigenvalue weighted by Crippen LogP contribution is 2.31. The lowest BCUT2D eigenvalue weighted by molar-refractivity contribution is 0.420. The molecule has 3 rings (SSSR count). The number of aromatic nitrogens is 1. The van der Waals surface area contributed by atoms with Crippen molar-refractivity contribution in [1.29, 1.82) is 0 Å². The summed E-state index contributed by atoms with van der Waals surface area (Å²) in [5.74, 6) is 1.93. The van der Waals surface area contributed by atoms with Gasteiger partial charge in [-0.25, -0.2) is 4.98 Å². The summed E-state index contributed by atoms with van der Waals surface area (Å²) in [4.78, 5) is 6.85. The van der Waals surface area contributed by atoms with E-state index in [0.29, 0.717) is 6.04 Å². The van der Waals surface area contributed by atoms with Crippen molar-refractivity contribution < 1.29 is 4.74 Å². The second-order valence-corrected chi connectivity index (χ2v) is 4.95. The van der Waals surface area contributed by atoms with Crippen LogP contribution in [-0.4, -0.2) is 38.3 Å². The van der Waals surface area contributed by atoms with Gasteiger partial charge in [0.25, 0.3) is 0 Å². The third-order valence-electron chi connectivity index (χ3n) is 3.88. The number of ether oxygens (including phenoxy) is 1. The topological polar surface area (TPSA) is 37.4 Å². The second-order valence-electron chi connectivity index (χ2n) is 4.95. The molecule has 4 nitrogen and oxygen atoms in total. The van der Waals surface area contributed by atoms with Crippen molar-refractivity contribution >= 4 is 16.6 Å². The molecule has 0 saturated carbocycles. The molecular weight excluding hydrogens is 238 g/mol. The zero-order chi connectivity index (χ0) is 13.2. The first-order valence-electron chi connectivity index (χ1n) is 6.66. The van der Waals surface area contributed by atoms with Gasteiger partial charge in [-0.15, -0.1) is 0 Å². The molecule has 0 spiro atoms. The molecule has 1 N–H and O–H groups in total. The van der Waals surface area contributed by atoms with E-state index in [9.17, 15) is 0 Å². The first-order chi connectivity index (χ1) is 9.31. The molecule has 0 aliphatic carbocycles. The second kappa shape index (κ2) is 5.05. The van der Waals surface area contributed by atoms with E-state index in [1.807, 2.05) is 24.4 Å². The molecule has 1 atom stereocenters. The third kappa shape index (κ3) is 2.12. The van der Waals surface area contributed by atoms with Crippen molar-refractivity contribution in [2.75, 3.05) is 32.1 Å². The molecule has 0 bridgehead atoms. The van der Waals surface area contributed by atoms with Crippen LogP contribution in [0.3, 0.4) is 0 Å². The molecule has 1 unspecified atom stereocenters. The summed E-state index contributed by atoms with van der Waals surface area (Å²) in [5, 5.41) is 5.67. The summed E-state index contributed by atoms with van der Waals surface area (Å²) >= 11 is 0. The Morgan fingerprint density at radius 1 is 1.32 bits per heavy atom. The van der Waals surface area contributed by atoms with Gasteiger partial charge in [0.15, 0.2) is 0 Å². The van der Waals surface area contributed by atoms with Gasteiger partial charge in [0, 0.05) is 36.6 Å². The van der Waals surface area contributed by atoms with E-state index in [1.54, 1.807) is 7.11 Å². The number of likely N-dealkylation sites (N-methyl/N-ethyl adjacent to an activating group) is 1. The van der Waals surface area contributed by atoms with Crippen LogP contribution in [0, 0.1) is 0 Å². The Morgan fingerprint density at radius 2 is 2.21 bits per heavy atom. The van der Waals surface area contributed by atoms with Gasteiger partial charge in [-0.3, -0.25) is 0 Å². The molecule has 1 aliphatic heterocycles. The Morgan fingerprint density at radius 3 is 2.95 bits per heavy atom. The lowest BCUT2D eigenvalue weighted by Gasteiger charge is -2.26. The van der Waals surface area contributed by atoms with Gasteiger partial charge in [0.1, 0.15) is 11.6 Å². The molecule has 1 aromatic heterocycles. The number of anilines is 1. The number of nitrogens with zero attached hydrogens (tertiary/aromatic N) is 2. The van der Waals surface area contributed by atoms with Gasteiger partial charge in [-0.1, -0.05) is 12.1 Å². The highest BCUT2D eigenvalue weighted by atomic mass is 16.5. The number of hydrogen-bond acceptors (Lipinski definition) is 4. The van der Waals surface area contributed by atoms with Crippen molar-refractivity contribution in [3.05, 3.63) is 30.5 Å². The molecule has 0 amide bonds. The van der Waals surface area contributed by atoms with Gasteiger partial charge in [0.2, 0.25) is 0 Å². The van der Waals surface area contributed by atoms with Crippen molar-refractivity contribution in [3.63, 3.8) is 0 Å². The van der Waals surface area contributed by atoms with Gasteiger partial charge in [-0.05, 0) is 25.1 Å². The lowest BCUT2D eigenvalue weighted by Crippen LogP contribution is -2.34. The number of rotatable bonds is 3. The van der Waals surface area contributed by atoms with Crippen molar-refractivity contribution in [1.82, 2.24) is 10.3 Å². The zero-order valence-electron chi connectivity index (χ0n) is 11.4. The van der Waals surface area contributed by atoms with Gasteiger partial charge in [0.05, 0.1) is 7.11 Å². The van der Waals surface area contributed by atoms with Crippen LogP contribution in [0.2, 0.25) is 0 Å². The largest absolute Gasteiger partial charge is 0.496 e. The lowest BCUT2D eigenvalue weighted by atomic mass is 10.1. The average Bonchev–Trinajstić information content (AvgIpc) is 2.99. The van der Waals surface area contributed by atoms with E-state index < -0.39 is 0 Å². The molecule has 1 fully saturated rings. The smallest absolute Gasteiger partial charge is 0.136 e. The van der Waals surface area contributed by atoms with E-state index in [1.165, 1.54) is 6.42 Å². The van der Waals surface area contributed by atoms with Crippen LogP contribution >= 0.6 is 0 Å². The number of hydrogen-bond donors (Lipinski definition) is 1. The number of pyridine rings is 1. The molecule has 1 saturated heterocycles. The Hall–Kier alpha value is -1.81. The monoisotopic (exact) mass is 257 g/mol. The zero-order valence-corrected chi connectivity index (χ0v) is 11.4. The summed E-state index contributed by atoms with van der Waals surface area (Å²) in [7, 11) is 3.83. The Bertz CT molecular complexity index is 579. The maximum Gasteiger partial charge on any atom is 0.136 e. The Labute approximate surface area is 113 Å². The first-order valence-corrected chi connectivity index (χ1v) is 6.66. The summed E-state index contributed by atoms with van der Waals surface area (Å²) < 4.78 is 5.43. The minimum atomic E-state index is 0.518. The fraction of sp³-hybridized carbons (Fsp3) is 0.400. The Kier molecular flexibility index (Phi) is 3.25. The molecular formula is C15H19N3O. The minimum absolute atomic E-state index is 0.518. The first kappa shape index (κ1) is 12.2. The molecule has 1 aliphatic rings. The SMILES string of the molecule is COc1cccc2c(N(C)C3CCNC3)nccc12. The van der Waals surface area contributed by atoms with Crippen LogP contribution in [0.5, 0.6) is 5.75 Å². The summed E-state index contributed by atoms with van der Waals surface area (Å²) in [6, 6.07) is 8.65. The van der Waals surface area contributed by atoms with Crippen LogP contribution in [0.4, 0.5) is 5.82 Å². The molecule has 0 radical (unpaired) electrons. The predicted octanol–water partition coefficient (Wildman–Crippen LogP) is 2.04. The Balaban J connectivity index is 2.08. The molecule has 19 heavy (non-hydrogen) atoms. The van der Waals surface area contributed by atoms with Gasteiger partial charge >= 0.3 is 0 Å². The van der Waals surface area contributed by atoms with E-state index in [0.717, 1.165) is 35.4 Å².